The minimum Gasteiger partial charge on any atom is -0.479 e. The number of nitrogens with zero attached hydrogens (tertiary/aromatic N) is 1. The first-order chi connectivity index (χ1) is 7.52. The summed E-state index contributed by atoms with van der Waals surface area (Å²) in [6, 6.07) is 3.45. The molecule has 0 heterocycles. The van der Waals surface area contributed by atoms with Crippen molar-refractivity contribution in [2.45, 2.75) is 6.10 Å². The van der Waals surface area contributed by atoms with E-state index in [1.165, 1.54) is 6.07 Å². The Kier molecular flexibility index (Phi) is 3.33. The summed E-state index contributed by atoms with van der Waals surface area (Å²) in [6.45, 7) is 0. The number of carboxylic acid groups (broad SMARTS) is 1. The molecule has 0 aromatic heterocycles. The second-order valence-electron chi connectivity index (χ2n) is 2.90. The third kappa shape index (κ3) is 1.89. The topological polar surface area (TPSA) is 98.4 Å². The summed E-state index contributed by atoms with van der Waals surface area (Å²) < 4.78 is 13.4. The summed E-state index contributed by atoms with van der Waals surface area (Å²) in [5.41, 5.74) is -1.38. The van der Waals surface area contributed by atoms with E-state index in [9.17, 15) is 19.1 Å². The average Bonchev–Trinajstić information content (AvgIpc) is 2.27. The summed E-state index contributed by atoms with van der Waals surface area (Å²) in [6.07, 6.45) is -1.79. The quantitative estimate of drug-likeness (QED) is 0.732. The predicted octanol–water partition coefficient (Wildman–Crippen LogP) is 0.628. The normalized spacial score (nSPS) is 11.6. The van der Waals surface area contributed by atoms with Gasteiger partial charge in [0.2, 0.25) is 0 Å². The van der Waals surface area contributed by atoms with Crippen LogP contribution in [0.4, 0.5) is 4.39 Å². The molecular formula is C10H6FNO4. The zero-order valence-corrected chi connectivity index (χ0v) is 7.85. The van der Waals surface area contributed by atoms with Crippen LogP contribution in [0.3, 0.4) is 0 Å². The summed E-state index contributed by atoms with van der Waals surface area (Å²) in [7, 11) is 0. The van der Waals surface area contributed by atoms with E-state index in [4.69, 9.17) is 10.4 Å². The Bertz CT molecular complexity index is 492. The third-order valence-corrected chi connectivity index (χ3v) is 1.97. The number of hydrogen-bond donors (Lipinski definition) is 2. The van der Waals surface area contributed by atoms with Gasteiger partial charge in [0, 0.05) is 5.56 Å². The van der Waals surface area contributed by atoms with Crippen molar-refractivity contribution < 1.29 is 24.2 Å². The Balaban J connectivity index is 3.44. The maximum Gasteiger partial charge on any atom is 0.337 e. The highest BCUT2D eigenvalue weighted by atomic mass is 19.1. The number of aliphatic hydroxyl groups is 1. The molecule has 6 heteroatoms. The second kappa shape index (κ2) is 4.51. The minimum absolute atomic E-state index is 0.201. The van der Waals surface area contributed by atoms with Gasteiger partial charge in [-0.25, -0.2) is 9.18 Å². The monoisotopic (exact) mass is 223 g/mol. The molecule has 0 fully saturated rings. The molecule has 0 radical (unpaired) electrons. The van der Waals surface area contributed by atoms with Crippen LogP contribution >= 0.6 is 0 Å². The lowest BCUT2D eigenvalue weighted by Gasteiger charge is -2.09. The average molecular weight is 223 g/mol. The molecule has 1 unspecified atom stereocenters. The van der Waals surface area contributed by atoms with Crippen LogP contribution in [-0.2, 0) is 4.79 Å². The minimum atomic E-state index is -2.00. The fourth-order valence-corrected chi connectivity index (χ4v) is 1.17. The predicted molar refractivity (Wildman–Crippen MR) is 49.1 cm³/mol. The van der Waals surface area contributed by atoms with Crippen molar-refractivity contribution in [1.82, 2.24) is 0 Å². The van der Waals surface area contributed by atoms with E-state index in [-0.39, 0.29) is 17.4 Å². The lowest BCUT2D eigenvalue weighted by molar-refractivity contribution is -0.146. The Morgan fingerprint density at radius 3 is 2.62 bits per heavy atom. The van der Waals surface area contributed by atoms with Gasteiger partial charge in [0.05, 0.1) is 11.1 Å². The number of aldehydes is 1. The number of carbonyl (C=O) groups excluding carboxylic acids is 1. The van der Waals surface area contributed by atoms with Gasteiger partial charge in [0.25, 0.3) is 0 Å². The maximum atomic E-state index is 13.4. The lowest BCUT2D eigenvalue weighted by atomic mass is 10.00. The summed E-state index contributed by atoms with van der Waals surface area (Å²) >= 11 is 0. The van der Waals surface area contributed by atoms with Crippen LogP contribution in [0, 0.1) is 17.1 Å². The van der Waals surface area contributed by atoms with Gasteiger partial charge in [-0.1, -0.05) is 6.07 Å². The van der Waals surface area contributed by atoms with Crippen molar-refractivity contribution in [1.29, 1.82) is 5.26 Å². The number of rotatable bonds is 3. The molecular weight excluding hydrogens is 217 g/mol. The van der Waals surface area contributed by atoms with Gasteiger partial charge in [0.15, 0.2) is 18.2 Å². The van der Waals surface area contributed by atoms with E-state index in [2.05, 4.69) is 0 Å². The van der Waals surface area contributed by atoms with Crippen molar-refractivity contribution in [2.24, 2.45) is 0 Å². The first-order valence-corrected chi connectivity index (χ1v) is 4.11. The highest BCUT2D eigenvalue weighted by Gasteiger charge is 2.23. The van der Waals surface area contributed by atoms with E-state index >= 15 is 0 Å². The molecule has 2 N–H and O–H groups in total. The largest absolute Gasteiger partial charge is 0.479 e. The van der Waals surface area contributed by atoms with Crippen molar-refractivity contribution in [3.05, 3.63) is 34.6 Å². The Labute approximate surface area is 89.4 Å². The number of aliphatic carboxylic acids is 1. The highest BCUT2D eigenvalue weighted by Crippen LogP contribution is 2.22. The summed E-state index contributed by atoms with van der Waals surface area (Å²) in [4.78, 5) is 20.9. The maximum absolute atomic E-state index is 13.4. The second-order valence-corrected chi connectivity index (χ2v) is 2.90. The fraction of sp³-hybridized carbons (Fsp3) is 0.100. The number of nitriles is 1. The van der Waals surface area contributed by atoms with Crippen molar-refractivity contribution in [2.75, 3.05) is 0 Å². The third-order valence-electron chi connectivity index (χ3n) is 1.97. The first kappa shape index (κ1) is 11.8. The van der Waals surface area contributed by atoms with Crippen LogP contribution in [-0.4, -0.2) is 22.5 Å². The van der Waals surface area contributed by atoms with Gasteiger partial charge < -0.3 is 10.2 Å². The molecule has 0 spiro atoms. The molecule has 0 bridgehead atoms. The van der Waals surface area contributed by atoms with Gasteiger partial charge in [-0.05, 0) is 6.07 Å². The van der Waals surface area contributed by atoms with Gasteiger partial charge in [0.1, 0.15) is 6.07 Å². The van der Waals surface area contributed by atoms with E-state index in [0.717, 1.165) is 12.1 Å². The molecule has 5 nitrogen and oxygen atoms in total. The fourth-order valence-electron chi connectivity index (χ4n) is 1.17. The van der Waals surface area contributed by atoms with E-state index in [1.54, 1.807) is 0 Å². The SMILES string of the molecule is N#Cc1c(C(O)C(=O)O)ccc(C=O)c1F. The number of halogens is 1. The molecule has 1 aromatic carbocycles. The molecule has 16 heavy (non-hydrogen) atoms. The molecule has 1 atom stereocenters. The van der Waals surface area contributed by atoms with Crippen LogP contribution in [0.25, 0.3) is 0 Å². The van der Waals surface area contributed by atoms with Crippen molar-refractivity contribution in [3.8, 4) is 6.07 Å². The van der Waals surface area contributed by atoms with Gasteiger partial charge in [-0.2, -0.15) is 5.26 Å². The van der Waals surface area contributed by atoms with Crippen LogP contribution in [0.2, 0.25) is 0 Å². The van der Waals surface area contributed by atoms with Gasteiger partial charge in [-0.3, -0.25) is 4.79 Å². The lowest BCUT2D eigenvalue weighted by Crippen LogP contribution is -2.13. The van der Waals surface area contributed by atoms with E-state index in [0.29, 0.717) is 0 Å². The Morgan fingerprint density at radius 2 is 2.19 bits per heavy atom. The van der Waals surface area contributed by atoms with Crippen molar-refractivity contribution in [3.63, 3.8) is 0 Å². The molecule has 0 saturated heterocycles. The van der Waals surface area contributed by atoms with E-state index < -0.39 is 23.5 Å². The van der Waals surface area contributed by atoms with Crippen LogP contribution in [0.15, 0.2) is 12.1 Å². The standard InChI is InChI=1S/C10H6FNO4/c11-8-5(4-13)1-2-6(7(8)3-12)9(14)10(15)16/h1-2,4,9,14H,(H,15,16). The molecule has 0 aliphatic heterocycles. The highest BCUT2D eigenvalue weighted by molar-refractivity contribution is 5.79. The number of aliphatic hydroxyl groups excluding tert-OH is 1. The molecule has 0 amide bonds. The summed E-state index contributed by atoms with van der Waals surface area (Å²) in [5.74, 6) is -2.73. The van der Waals surface area contributed by atoms with Crippen LogP contribution < -0.4 is 0 Å². The zero-order chi connectivity index (χ0) is 12.3. The number of hydrogen-bond acceptors (Lipinski definition) is 4. The molecule has 0 aliphatic rings. The molecule has 1 aromatic rings. The first-order valence-electron chi connectivity index (χ1n) is 4.11. The number of carboxylic acids is 1. The van der Waals surface area contributed by atoms with E-state index in [1.807, 2.05) is 0 Å². The number of carbonyl (C=O) groups is 2. The number of benzene rings is 1. The van der Waals surface area contributed by atoms with Gasteiger partial charge >= 0.3 is 5.97 Å². The summed E-state index contributed by atoms with van der Waals surface area (Å²) in [5, 5.41) is 26.4. The van der Waals surface area contributed by atoms with Crippen molar-refractivity contribution >= 4 is 12.3 Å². The molecule has 0 aliphatic carbocycles. The van der Waals surface area contributed by atoms with Crippen LogP contribution in [0.5, 0.6) is 0 Å². The zero-order valence-electron chi connectivity index (χ0n) is 7.85. The smallest absolute Gasteiger partial charge is 0.337 e. The molecule has 82 valence electrons. The Hall–Kier alpha value is -2.26. The molecule has 1 rings (SSSR count). The Morgan fingerprint density at radius 1 is 1.56 bits per heavy atom. The van der Waals surface area contributed by atoms with Crippen LogP contribution in [0.1, 0.15) is 27.6 Å². The van der Waals surface area contributed by atoms with Gasteiger partial charge in [-0.15, -0.1) is 0 Å². The molecule has 0 saturated carbocycles.